The van der Waals surface area contributed by atoms with Crippen LogP contribution in [0, 0.1) is 20.8 Å². The van der Waals surface area contributed by atoms with E-state index in [4.69, 9.17) is 4.98 Å². The standard InChI is InChI=1S/C21H25N3/c1-14-4-6-17(7-5-14)21-23-19-12-15(2)16(3)13-20(19)24(21)18-8-10-22-11-9-18/h4-7,12-13,18,22H,8-11H2,1-3H3. The van der Waals surface area contributed by atoms with Crippen LogP contribution in [0.2, 0.25) is 0 Å². The first-order valence-corrected chi connectivity index (χ1v) is 8.90. The van der Waals surface area contributed by atoms with Gasteiger partial charge >= 0.3 is 0 Å². The number of fused-ring (bicyclic) bond motifs is 1. The van der Waals surface area contributed by atoms with Crippen LogP contribution in [0.15, 0.2) is 36.4 Å². The van der Waals surface area contributed by atoms with Crippen molar-refractivity contribution in [2.45, 2.75) is 39.7 Å². The topological polar surface area (TPSA) is 29.9 Å². The molecule has 1 aliphatic heterocycles. The summed E-state index contributed by atoms with van der Waals surface area (Å²) in [6, 6.07) is 13.8. The quantitative estimate of drug-likeness (QED) is 0.751. The van der Waals surface area contributed by atoms with E-state index in [9.17, 15) is 0 Å². The normalized spacial score (nSPS) is 16.0. The Morgan fingerprint density at radius 3 is 2.33 bits per heavy atom. The molecule has 1 N–H and O–H groups in total. The molecule has 1 fully saturated rings. The highest BCUT2D eigenvalue weighted by Crippen LogP contribution is 2.33. The molecule has 3 aromatic rings. The van der Waals surface area contributed by atoms with E-state index in [-0.39, 0.29) is 0 Å². The summed E-state index contributed by atoms with van der Waals surface area (Å²) >= 11 is 0. The molecule has 0 aliphatic carbocycles. The third-order valence-corrected chi connectivity index (χ3v) is 5.29. The lowest BCUT2D eigenvalue weighted by Gasteiger charge is -2.26. The van der Waals surface area contributed by atoms with E-state index < -0.39 is 0 Å². The van der Waals surface area contributed by atoms with Crippen molar-refractivity contribution in [1.29, 1.82) is 0 Å². The fraction of sp³-hybridized carbons (Fsp3) is 0.381. The monoisotopic (exact) mass is 319 g/mol. The first-order chi connectivity index (χ1) is 11.6. The van der Waals surface area contributed by atoms with Gasteiger partial charge in [0.05, 0.1) is 11.0 Å². The maximum Gasteiger partial charge on any atom is 0.141 e. The zero-order chi connectivity index (χ0) is 16.7. The average Bonchev–Trinajstić information content (AvgIpc) is 2.95. The molecular weight excluding hydrogens is 294 g/mol. The Kier molecular flexibility index (Phi) is 3.89. The summed E-state index contributed by atoms with van der Waals surface area (Å²) in [6.07, 6.45) is 2.33. The number of nitrogens with zero attached hydrogens (tertiary/aromatic N) is 2. The molecule has 0 spiro atoms. The number of hydrogen-bond acceptors (Lipinski definition) is 2. The summed E-state index contributed by atoms with van der Waals surface area (Å²) in [5.74, 6) is 1.11. The van der Waals surface area contributed by atoms with Crippen molar-refractivity contribution in [3.8, 4) is 11.4 Å². The first-order valence-electron chi connectivity index (χ1n) is 8.90. The van der Waals surface area contributed by atoms with Crippen molar-refractivity contribution in [2.75, 3.05) is 13.1 Å². The number of benzene rings is 2. The molecule has 0 bridgehead atoms. The second-order valence-corrected chi connectivity index (χ2v) is 7.08. The van der Waals surface area contributed by atoms with Crippen LogP contribution >= 0.6 is 0 Å². The van der Waals surface area contributed by atoms with Crippen molar-refractivity contribution in [3.05, 3.63) is 53.1 Å². The Bertz CT molecular complexity index is 868. The molecule has 3 nitrogen and oxygen atoms in total. The minimum Gasteiger partial charge on any atom is -0.321 e. The molecule has 24 heavy (non-hydrogen) atoms. The van der Waals surface area contributed by atoms with Crippen molar-refractivity contribution in [2.24, 2.45) is 0 Å². The van der Waals surface area contributed by atoms with E-state index >= 15 is 0 Å². The third kappa shape index (κ3) is 2.63. The molecule has 1 saturated heterocycles. The van der Waals surface area contributed by atoms with E-state index in [1.54, 1.807) is 0 Å². The fourth-order valence-corrected chi connectivity index (χ4v) is 3.69. The zero-order valence-corrected chi connectivity index (χ0v) is 14.8. The zero-order valence-electron chi connectivity index (χ0n) is 14.8. The summed E-state index contributed by atoms with van der Waals surface area (Å²) in [5.41, 5.74) is 7.55. The minimum absolute atomic E-state index is 0.523. The van der Waals surface area contributed by atoms with Crippen LogP contribution in [-0.2, 0) is 0 Å². The van der Waals surface area contributed by atoms with E-state index in [1.807, 2.05) is 0 Å². The smallest absolute Gasteiger partial charge is 0.141 e. The summed E-state index contributed by atoms with van der Waals surface area (Å²) in [5, 5.41) is 3.48. The van der Waals surface area contributed by atoms with Gasteiger partial charge in [-0.25, -0.2) is 4.98 Å². The van der Waals surface area contributed by atoms with Gasteiger partial charge in [0.25, 0.3) is 0 Å². The number of aryl methyl sites for hydroxylation is 3. The first kappa shape index (κ1) is 15.4. The molecule has 0 radical (unpaired) electrons. The minimum atomic E-state index is 0.523. The average molecular weight is 319 g/mol. The van der Waals surface area contributed by atoms with Crippen LogP contribution in [0.3, 0.4) is 0 Å². The van der Waals surface area contributed by atoms with Gasteiger partial charge in [0.2, 0.25) is 0 Å². The predicted molar refractivity (Wildman–Crippen MR) is 101 cm³/mol. The van der Waals surface area contributed by atoms with Crippen LogP contribution in [0.5, 0.6) is 0 Å². The van der Waals surface area contributed by atoms with Gasteiger partial charge < -0.3 is 9.88 Å². The molecule has 0 amide bonds. The lowest BCUT2D eigenvalue weighted by molar-refractivity contribution is 0.377. The van der Waals surface area contributed by atoms with Gasteiger partial charge in [-0.3, -0.25) is 0 Å². The molecule has 3 heteroatoms. The molecule has 0 saturated carbocycles. The van der Waals surface area contributed by atoms with Gasteiger partial charge in [0.15, 0.2) is 0 Å². The maximum atomic E-state index is 5.03. The van der Waals surface area contributed by atoms with Gasteiger partial charge in [-0.2, -0.15) is 0 Å². The van der Waals surface area contributed by atoms with Crippen LogP contribution in [-0.4, -0.2) is 22.6 Å². The lowest BCUT2D eigenvalue weighted by Crippen LogP contribution is -2.29. The number of rotatable bonds is 2. The number of hydrogen-bond donors (Lipinski definition) is 1. The molecule has 124 valence electrons. The Morgan fingerprint density at radius 1 is 0.958 bits per heavy atom. The van der Waals surface area contributed by atoms with Crippen LogP contribution in [0.4, 0.5) is 0 Å². The van der Waals surface area contributed by atoms with E-state index in [0.29, 0.717) is 6.04 Å². The summed E-state index contributed by atoms with van der Waals surface area (Å²) < 4.78 is 2.49. The Morgan fingerprint density at radius 2 is 1.62 bits per heavy atom. The Balaban J connectivity index is 1.95. The highest BCUT2D eigenvalue weighted by molar-refractivity contribution is 5.82. The van der Waals surface area contributed by atoms with Gasteiger partial charge in [0, 0.05) is 11.6 Å². The third-order valence-electron chi connectivity index (χ3n) is 5.29. The lowest BCUT2D eigenvalue weighted by atomic mass is 10.0. The Labute approximate surface area is 143 Å². The van der Waals surface area contributed by atoms with Gasteiger partial charge in [0.1, 0.15) is 5.82 Å². The number of aromatic nitrogens is 2. The molecule has 0 atom stereocenters. The van der Waals surface area contributed by atoms with Crippen molar-refractivity contribution in [1.82, 2.24) is 14.9 Å². The van der Waals surface area contributed by atoms with Crippen LogP contribution < -0.4 is 5.32 Å². The fourth-order valence-electron chi connectivity index (χ4n) is 3.69. The predicted octanol–water partition coefficient (Wildman–Crippen LogP) is 4.55. The largest absolute Gasteiger partial charge is 0.321 e. The second-order valence-electron chi connectivity index (χ2n) is 7.08. The summed E-state index contributed by atoms with van der Waals surface area (Å²) in [6.45, 7) is 8.67. The Hall–Kier alpha value is -2.13. The highest BCUT2D eigenvalue weighted by atomic mass is 15.1. The number of nitrogens with one attached hydrogen (secondary N) is 1. The molecule has 0 unspecified atom stereocenters. The molecule has 1 aromatic heterocycles. The van der Waals surface area contributed by atoms with Gasteiger partial charge in [-0.1, -0.05) is 29.8 Å². The molecule has 2 aromatic carbocycles. The van der Waals surface area contributed by atoms with Gasteiger partial charge in [-0.15, -0.1) is 0 Å². The highest BCUT2D eigenvalue weighted by Gasteiger charge is 2.22. The maximum absolute atomic E-state index is 5.03. The summed E-state index contributed by atoms with van der Waals surface area (Å²) in [7, 11) is 0. The van der Waals surface area contributed by atoms with Crippen molar-refractivity contribution in [3.63, 3.8) is 0 Å². The van der Waals surface area contributed by atoms with Crippen LogP contribution in [0.25, 0.3) is 22.4 Å². The summed E-state index contributed by atoms with van der Waals surface area (Å²) in [4.78, 5) is 5.03. The number of imidazole rings is 1. The molecule has 4 rings (SSSR count). The molecule has 1 aliphatic rings. The molecular formula is C21H25N3. The van der Waals surface area contributed by atoms with E-state index in [2.05, 4.69) is 67.1 Å². The SMILES string of the molecule is Cc1ccc(-c2nc3cc(C)c(C)cc3n2C2CCNCC2)cc1. The van der Waals surface area contributed by atoms with E-state index in [1.165, 1.54) is 27.8 Å². The van der Waals surface area contributed by atoms with Crippen LogP contribution in [0.1, 0.15) is 35.6 Å². The van der Waals surface area contributed by atoms with Gasteiger partial charge in [-0.05, 0) is 70.0 Å². The second kappa shape index (κ2) is 6.06. The van der Waals surface area contributed by atoms with Crippen molar-refractivity contribution >= 4 is 11.0 Å². The van der Waals surface area contributed by atoms with E-state index in [0.717, 1.165) is 37.3 Å². The van der Waals surface area contributed by atoms with Crippen molar-refractivity contribution < 1.29 is 0 Å². The molecule has 2 heterocycles. The number of piperidine rings is 1.